The van der Waals surface area contributed by atoms with Gasteiger partial charge in [-0.1, -0.05) is 66.7 Å². The highest BCUT2D eigenvalue weighted by Crippen LogP contribution is 2.50. The zero-order valence-corrected chi connectivity index (χ0v) is 31.1. The van der Waals surface area contributed by atoms with Crippen molar-refractivity contribution in [2.45, 2.75) is 88.4 Å². The minimum absolute atomic E-state index is 0.260. The number of hydrogen-bond donors (Lipinski definition) is 0. The fraction of sp³-hybridized carbons (Fsp3) is 0.467. The number of aryl methyl sites for hydroxylation is 1. The van der Waals surface area contributed by atoms with Crippen molar-refractivity contribution in [1.82, 2.24) is 9.88 Å². The van der Waals surface area contributed by atoms with Crippen LogP contribution in [0, 0.1) is 11.3 Å². The van der Waals surface area contributed by atoms with Gasteiger partial charge in [0.15, 0.2) is 0 Å². The summed E-state index contributed by atoms with van der Waals surface area (Å²) in [5.41, 5.74) is 8.42. The van der Waals surface area contributed by atoms with E-state index in [0.717, 1.165) is 93.0 Å². The number of benzene rings is 3. The monoisotopic (exact) mass is 727 g/mol. The molecule has 0 radical (unpaired) electrons. The summed E-state index contributed by atoms with van der Waals surface area (Å²) < 4.78 is 34.3. The summed E-state index contributed by atoms with van der Waals surface area (Å²) in [6, 6.07) is 30.1. The van der Waals surface area contributed by atoms with Gasteiger partial charge in [0.25, 0.3) is 0 Å². The summed E-state index contributed by atoms with van der Waals surface area (Å²) in [5, 5.41) is 11.1. The van der Waals surface area contributed by atoms with Crippen LogP contribution in [0.15, 0.2) is 78.9 Å². The fourth-order valence-corrected chi connectivity index (χ4v) is 10.0. The Labute approximate surface area is 318 Å². The number of hydrogen-bond acceptors (Lipinski definition) is 8. The Bertz CT molecular complexity index is 1960. The molecule has 4 aromatic rings. The number of halogens is 1. The largest absolute Gasteiger partial charge is 0.476 e. The van der Waals surface area contributed by atoms with Gasteiger partial charge in [-0.2, -0.15) is 5.26 Å². The topological polar surface area (TPSA) is 74.1 Å². The lowest BCUT2D eigenvalue weighted by atomic mass is 9.72. The van der Waals surface area contributed by atoms with Gasteiger partial charge < -0.3 is 24.0 Å². The molecule has 3 atom stereocenters. The van der Waals surface area contributed by atoms with Gasteiger partial charge in [0.2, 0.25) is 5.88 Å². The molecule has 1 aromatic heterocycles. The number of ether oxygens (including phenoxy) is 3. The first kappa shape index (κ1) is 35.2. The molecule has 5 aliphatic rings. The number of pyridine rings is 1. The van der Waals surface area contributed by atoms with Crippen molar-refractivity contribution in [3.8, 4) is 11.9 Å². The molecule has 0 unspecified atom stereocenters. The average Bonchev–Trinajstić information content (AvgIpc) is 3.58. The number of aromatic nitrogens is 1. The minimum atomic E-state index is -0.808. The summed E-state index contributed by atoms with van der Waals surface area (Å²) in [7, 11) is 0. The molecule has 280 valence electrons. The SMILES string of the molecule is N#Cc1c(N(Cc2ccccc2)Cc2ccccc2)ccc2c1[C@]1(CCC2)Cc2nc(OC[C@@]34CCCN3C[C@H](F)C4)cc(N3CCCOCC3)c2CO1. The normalized spacial score (nSPS) is 25.0. The first-order chi connectivity index (χ1) is 26.5. The molecule has 5 heterocycles. The van der Waals surface area contributed by atoms with E-state index in [1.54, 1.807) is 0 Å². The van der Waals surface area contributed by atoms with Crippen LogP contribution in [0.4, 0.5) is 15.8 Å². The number of rotatable bonds is 9. The van der Waals surface area contributed by atoms with Gasteiger partial charge in [-0.05, 0) is 67.8 Å². The van der Waals surface area contributed by atoms with Gasteiger partial charge in [-0.25, -0.2) is 9.37 Å². The van der Waals surface area contributed by atoms with Crippen molar-refractivity contribution in [1.29, 1.82) is 5.26 Å². The van der Waals surface area contributed by atoms with Gasteiger partial charge >= 0.3 is 0 Å². The number of nitrogens with zero attached hydrogens (tertiary/aromatic N) is 5. The molecule has 1 spiro atoms. The van der Waals surface area contributed by atoms with Crippen molar-refractivity contribution in [3.63, 3.8) is 0 Å². The highest BCUT2D eigenvalue weighted by atomic mass is 19.1. The maximum Gasteiger partial charge on any atom is 0.215 e. The van der Waals surface area contributed by atoms with Crippen LogP contribution in [0.2, 0.25) is 0 Å². The highest BCUT2D eigenvalue weighted by Gasteiger charge is 2.50. The lowest BCUT2D eigenvalue weighted by Gasteiger charge is -2.44. The molecular weight excluding hydrogens is 678 g/mol. The summed E-state index contributed by atoms with van der Waals surface area (Å²) in [5.74, 6) is 0.594. The Morgan fingerprint density at radius 2 is 1.72 bits per heavy atom. The van der Waals surface area contributed by atoms with Gasteiger partial charge in [0.1, 0.15) is 24.4 Å². The molecule has 0 bridgehead atoms. The van der Waals surface area contributed by atoms with E-state index in [1.807, 2.05) is 12.1 Å². The zero-order valence-electron chi connectivity index (χ0n) is 31.1. The van der Waals surface area contributed by atoms with E-state index < -0.39 is 11.8 Å². The molecule has 0 N–H and O–H groups in total. The van der Waals surface area contributed by atoms with E-state index in [9.17, 15) is 9.65 Å². The van der Waals surface area contributed by atoms with Crippen LogP contribution < -0.4 is 14.5 Å². The van der Waals surface area contributed by atoms with E-state index >= 15 is 0 Å². The molecule has 3 aromatic carbocycles. The molecular formula is C45H50FN5O3. The van der Waals surface area contributed by atoms with Crippen LogP contribution >= 0.6 is 0 Å². The predicted octanol–water partition coefficient (Wildman–Crippen LogP) is 7.65. The quantitative estimate of drug-likeness (QED) is 0.174. The van der Waals surface area contributed by atoms with E-state index in [1.165, 1.54) is 16.7 Å². The van der Waals surface area contributed by atoms with Crippen molar-refractivity contribution in [2.75, 3.05) is 55.8 Å². The Morgan fingerprint density at radius 3 is 2.50 bits per heavy atom. The van der Waals surface area contributed by atoms with Crippen LogP contribution in [0.5, 0.6) is 5.88 Å². The molecule has 4 aliphatic heterocycles. The average molecular weight is 728 g/mol. The predicted molar refractivity (Wildman–Crippen MR) is 207 cm³/mol. The van der Waals surface area contributed by atoms with Gasteiger partial charge in [0, 0.05) is 75.1 Å². The van der Waals surface area contributed by atoms with Gasteiger partial charge in [-0.3, -0.25) is 4.90 Å². The Hall–Kier alpha value is -4.49. The molecule has 0 amide bonds. The van der Waals surface area contributed by atoms with Gasteiger partial charge in [0.05, 0.1) is 35.7 Å². The van der Waals surface area contributed by atoms with Crippen molar-refractivity contribution in [3.05, 3.63) is 118 Å². The van der Waals surface area contributed by atoms with Crippen LogP contribution in [0.3, 0.4) is 0 Å². The molecule has 0 saturated carbocycles. The molecule has 1 aliphatic carbocycles. The third-order valence-corrected chi connectivity index (χ3v) is 12.6. The second kappa shape index (κ2) is 15.0. The summed E-state index contributed by atoms with van der Waals surface area (Å²) >= 11 is 0. The number of anilines is 2. The highest BCUT2D eigenvalue weighted by molar-refractivity contribution is 5.67. The smallest absolute Gasteiger partial charge is 0.215 e. The Morgan fingerprint density at radius 1 is 0.926 bits per heavy atom. The van der Waals surface area contributed by atoms with E-state index in [2.05, 4.69) is 87.5 Å². The number of alkyl halides is 1. The van der Waals surface area contributed by atoms with Gasteiger partial charge in [-0.15, -0.1) is 0 Å². The van der Waals surface area contributed by atoms with Crippen LogP contribution in [-0.2, 0) is 47.6 Å². The first-order valence-corrected chi connectivity index (χ1v) is 19.9. The lowest BCUT2D eigenvalue weighted by molar-refractivity contribution is -0.0855. The standard InChI is InChI=1S/C45H50FN5O3/c46-36-25-44(17-8-20-51(44)30-36)32-53-42-24-41(49-19-9-22-52-23-21-49)38-31-54-45(26-39(38)48-42)18-7-14-35-15-16-40(37(27-47)43(35)45)50(28-33-10-3-1-4-11-33)29-34-12-5-2-6-13-34/h1-6,10-13,15-16,24,36H,7-9,14,17-23,25-26,28-32H2/t36-,44+,45+/m1/s1. The van der Waals surface area contributed by atoms with E-state index in [-0.39, 0.29) is 5.54 Å². The van der Waals surface area contributed by atoms with E-state index in [4.69, 9.17) is 19.2 Å². The molecule has 54 heavy (non-hydrogen) atoms. The summed E-state index contributed by atoms with van der Waals surface area (Å²) in [4.78, 5) is 12.3. The number of nitriles is 1. The second-order valence-corrected chi connectivity index (χ2v) is 16.0. The van der Waals surface area contributed by atoms with Crippen molar-refractivity contribution < 1.29 is 18.6 Å². The third-order valence-electron chi connectivity index (χ3n) is 12.6. The van der Waals surface area contributed by atoms with Crippen LogP contribution in [0.1, 0.15) is 77.6 Å². The van der Waals surface area contributed by atoms with Crippen molar-refractivity contribution >= 4 is 11.4 Å². The maximum absolute atomic E-state index is 14.7. The molecule has 9 rings (SSSR count). The Kier molecular flexibility index (Phi) is 9.77. The number of fused-ring (bicyclic) bond motifs is 4. The summed E-state index contributed by atoms with van der Waals surface area (Å²) in [6.07, 6.45) is 5.93. The second-order valence-electron chi connectivity index (χ2n) is 16.0. The molecule has 3 fully saturated rings. The molecule has 9 heteroatoms. The summed E-state index contributed by atoms with van der Waals surface area (Å²) in [6.45, 7) is 6.69. The third kappa shape index (κ3) is 6.74. The van der Waals surface area contributed by atoms with Crippen molar-refractivity contribution in [2.24, 2.45) is 0 Å². The lowest BCUT2D eigenvalue weighted by Crippen LogP contribution is -2.44. The van der Waals surface area contributed by atoms with Crippen LogP contribution in [-0.4, -0.2) is 67.6 Å². The van der Waals surface area contributed by atoms with Crippen LogP contribution in [0.25, 0.3) is 0 Å². The van der Waals surface area contributed by atoms with E-state index in [0.29, 0.717) is 63.7 Å². The fourth-order valence-electron chi connectivity index (χ4n) is 10.0. The first-order valence-electron chi connectivity index (χ1n) is 19.9. The molecule has 3 saturated heterocycles. The Balaban J connectivity index is 1.10. The zero-order chi connectivity index (χ0) is 36.5. The maximum atomic E-state index is 14.7. The minimum Gasteiger partial charge on any atom is -0.476 e. The molecule has 8 nitrogen and oxygen atoms in total.